The number of hydrogen-bond acceptors (Lipinski definition) is 3. The Kier molecular flexibility index (Phi) is 3.69. The molecule has 0 amide bonds. The van der Waals surface area contributed by atoms with Gasteiger partial charge < -0.3 is 11.1 Å². The summed E-state index contributed by atoms with van der Waals surface area (Å²) in [6.45, 7) is 4.42. The largest absolute Gasteiger partial charge is 0.394 e. The molecule has 102 valence electrons. The molecular formula is C13H16F2N4. The third-order valence-corrected chi connectivity index (χ3v) is 2.79. The predicted molar refractivity (Wildman–Crippen MR) is 71.3 cm³/mol. The second-order valence-corrected chi connectivity index (χ2v) is 4.32. The number of nitrogens with zero attached hydrogens (tertiary/aromatic N) is 2. The molecule has 0 fully saturated rings. The van der Waals surface area contributed by atoms with E-state index >= 15 is 0 Å². The molecule has 2 aromatic rings. The highest BCUT2D eigenvalue weighted by Gasteiger charge is 2.14. The van der Waals surface area contributed by atoms with E-state index in [0.717, 1.165) is 24.6 Å². The lowest BCUT2D eigenvalue weighted by atomic mass is 10.3. The van der Waals surface area contributed by atoms with E-state index in [4.69, 9.17) is 5.73 Å². The SMILES string of the molecule is CCCn1nc(C)c(N)c1Nc1cc(F)ccc1F. The van der Waals surface area contributed by atoms with Crippen LogP contribution in [0.2, 0.25) is 0 Å². The number of aromatic nitrogens is 2. The molecule has 0 saturated carbocycles. The average Bonchev–Trinajstić information content (AvgIpc) is 2.62. The van der Waals surface area contributed by atoms with Gasteiger partial charge in [-0.05, 0) is 25.5 Å². The van der Waals surface area contributed by atoms with Crippen molar-refractivity contribution in [2.75, 3.05) is 11.1 Å². The molecule has 6 heteroatoms. The Labute approximate surface area is 110 Å². The minimum atomic E-state index is -0.539. The van der Waals surface area contributed by atoms with Crippen LogP contribution in [0, 0.1) is 18.6 Å². The van der Waals surface area contributed by atoms with Gasteiger partial charge in [0.05, 0.1) is 17.1 Å². The van der Waals surface area contributed by atoms with Crippen LogP contribution < -0.4 is 11.1 Å². The van der Waals surface area contributed by atoms with Gasteiger partial charge in [-0.1, -0.05) is 6.92 Å². The third kappa shape index (κ3) is 2.67. The van der Waals surface area contributed by atoms with Crippen molar-refractivity contribution in [3.63, 3.8) is 0 Å². The Morgan fingerprint density at radius 1 is 1.37 bits per heavy atom. The summed E-state index contributed by atoms with van der Waals surface area (Å²) in [6, 6.07) is 3.23. The van der Waals surface area contributed by atoms with E-state index in [0.29, 0.717) is 23.7 Å². The summed E-state index contributed by atoms with van der Waals surface area (Å²) in [7, 11) is 0. The van der Waals surface area contributed by atoms with Crippen LogP contribution in [0.4, 0.5) is 26.0 Å². The van der Waals surface area contributed by atoms with Gasteiger partial charge in [0.25, 0.3) is 0 Å². The Morgan fingerprint density at radius 3 is 2.79 bits per heavy atom. The summed E-state index contributed by atoms with van der Waals surface area (Å²) < 4.78 is 28.4. The summed E-state index contributed by atoms with van der Waals surface area (Å²) in [5, 5.41) is 7.08. The zero-order valence-electron chi connectivity index (χ0n) is 10.9. The van der Waals surface area contributed by atoms with Crippen molar-refractivity contribution >= 4 is 17.2 Å². The van der Waals surface area contributed by atoms with E-state index in [1.807, 2.05) is 6.92 Å². The fraction of sp³-hybridized carbons (Fsp3) is 0.308. The van der Waals surface area contributed by atoms with Crippen molar-refractivity contribution in [3.05, 3.63) is 35.5 Å². The van der Waals surface area contributed by atoms with Gasteiger partial charge in [0.15, 0.2) is 5.82 Å². The molecule has 1 aromatic heterocycles. The van der Waals surface area contributed by atoms with Crippen LogP contribution in [0.1, 0.15) is 19.0 Å². The maximum atomic E-state index is 13.6. The van der Waals surface area contributed by atoms with Crippen LogP contribution in [0.15, 0.2) is 18.2 Å². The number of nitrogens with one attached hydrogen (secondary N) is 1. The molecule has 0 aliphatic carbocycles. The Balaban J connectivity index is 2.39. The van der Waals surface area contributed by atoms with Crippen LogP contribution in [-0.2, 0) is 6.54 Å². The van der Waals surface area contributed by atoms with E-state index in [9.17, 15) is 8.78 Å². The number of halogens is 2. The van der Waals surface area contributed by atoms with Gasteiger partial charge in [-0.25, -0.2) is 13.5 Å². The molecule has 0 spiro atoms. The first kappa shape index (κ1) is 13.3. The Hall–Kier alpha value is -2.11. The predicted octanol–water partition coefficient (Wildman–Crippen LogP) is 3.21. The van der Waals surface area contributed by atoms with E-state index in [-0.39, 0.29) is 5.69 Å². The van der Waals surface area contributed by atoms with Gasteiger partial charge in [0.2, 0.25) is 0 Å². The van der Waals surface area contributed by atoms with Gasteiger partial charge in [-0.3, -0.25) is 0 Å². The van der Waals surface area contributed by atoms with Crippen molar-refractivity contribution in [3.8, 4) is 0 Å². The number of nitrogen functional groups attached to an aromatic ring is 1. The average molecular weight is 266 g/mol. The maximum absolute atomic E-state index is 13.6. The molecule has 0 radical (unpaired) electrons. The standard InChI is InChI=1S/C13H16F2N4/c1-3-6-19-13(12(16)8(2)18-19)17-11-7-9(14)4-5-10(11)15/h4-5,7,17H,3,6,16H2,1-2H3. The number of hydrogen-bond donors (Lipinski definition) is 2. The van der Waals surface area contributed by atoms with Crippen LogP contribution in [0.25, 0.3) is 0 Å². The summed E-state index contributed by atoms with van der Waals surface area (Å²) >= 11 is 0. The number of nitrogens with two attached hydrogens (primary N) is 1. The molecule has 3 N–H and O–H groups in total. The smallest absolute Gasteiger partial charge is 0.152 e. The van der Waals surface area contributed by atoms with Crippen molar-refractivity contribution in [1.82, 2.24) is 9.78 Å². The van der Waals surface area contributed by atoms with Crippen molar-refractivity contribution in [1.29, 1.82) is 0 Å². The summed E-state index contributed by atoms with van der Waals surface area (Å²) in [5.41, 5.74) is 7.05. The fourth-order valence-corrected chi connectivity index (χ4v) is 1.82. The molecule has 1 aromatic carbocycles. The molecule has 0 saturated heterocycles. The lowest BCUT2D eigenvalue weighted by Gasteiger charge is -2.11. The zero-order chi connectivity index (χ0) is 14.0. The lowest BCUT2D eigenvalue weighted by molar-refractivity contribution is 0.596. The Bertz CT molecular complexity index is 593. The van der Waals surface area contributed by atoms with Crippen LogP contribution in [0.3, 0.4) is 0 Å². The quantitative estimate of drug-likeness (QED) is 0.893. The normalized spacial score (nSPS) is 10.7. The van der Waals surface area contributed by atoms with E-state index in [1.165, 1.54) is 0 Å². The molecule has 0 aliphatic rings. The highest BCUT2D eigenvalue weighted by Crippen LogP contribution is 2.28. The first-order chi connectivity index (χ1) is 9.02. The molecule has 4 nitrogen and oxygen atoms in total. The van der Waals surface area contributed by atoms with Crippen molar-refractivity contribution in [2.24, 2.45) is 0 Å². The second kappa shape index (κ2) is 5.26. The Morgan fingerprint density at radius 2 is 2.11 bits per heavy atom. The maximum Gasteiger partial charge on any atom is 0.152 e. The molecule has 2 rings (SSSR count). The number of rotatable bonds is 4. The molecule has 1 heterocycles. The number of benzene rings is 1. The fourth-order valence-electron chi connectivity index (χ4n) is 1.82. The number of anilines is 3. The molecule has 0 atom stereocenters. The van der Waals surface area contributed by atoms with Crippen LogP contribution in [0.5, 0.6) is 0 Å². The van der Waals surface area contributed by atoms with E-state index in [1.54, 1.807) is 11.6 Å². The summed E-state index contributed by atoms with van der Waals surface area (Å²) in [5.74, 6) is -0.563. The topological polar surface area (TPSA) is 55.9 Å². The lowest BCUT2D eigenvalue weighted by Crippen LogP contribution is -2.06. The van der Waals surface area contributed by atoms with Gasteiger partial charge in [0, 0.05) is 12.6 Å². The zero-order valence-corrected chi connectivity index (χ0v) is 10.9. The highest BCUT2D eigenvalue weighted by molar-refractivity contribution is 5.71. The molecule has 0 aliphatic heterocycles. The third-order valence-electron chi connectivity index (χ3n) is 2.79. The monoisotopic (exact) mass is 266 g/mol. The minimum Gasteiger partial charge on any atom is -0.394 e. The van der Waals surface area contributed by atoms with Crippen molar-refractivity contribution < 1.29 is 8.78 Å². The first-order valence-electron chi connectivity index (χ1n) is 6.08. The van der Waals surface area contributed by atoms with Gasteiger partial charge in [-0.2, -0.15) is 5.10 Å². The second-order valence-electron chi connectivity index (χ2n) is 4.32. The van der Waals surface area contributed by atoms with Gasteiger partial charge in [0.1, 0.15) is 11.6 Å². The van der Waals surface area contributed by atoms with Crippen LogP contribution >= 0.6 is 0 Å². The van der Waals surface area contributed by atoms with Gasteiger partial charge in [-0.15, -0.1) is 0 Å². The number of aryl methyl sites for hydroxylation is 2. The minimum absolute atomic E-state index is 0.0453. The van der Waals surface area contributed by atoms with E-state index in [2.05, 4.69) is 10.4 Å². The summed E-state index contributed by atoms with van der Waals surface area (Å²) in [4.78, 5) is 0. The highest BCUT2D eigenvalue weighted by atomic mass is 19.1. The van der Waals surface area contributed by atoms with Crippen LogP contribution in [-0.4, -0.2) is 9.78 Å². The first-order valence-corrected chi connectivity index (χ1v) is 6.08. The molecule has 0 bridgehead atoms. The summed E-state index contributed by atoms with van der Waals surface area (Å²) in [6.07, 6.45) is 0.862. The van der Waals surface area contributed by atoms with Crippen molar-refractivity contribution in [2.45, 2.75) is 26.8 Å². The molecular weight excluding hydrogens is 250 g/mol. The molecule has 19 heavy (non-hydrogen) atoms. The van der Waals surface area contributed by atoms with E-state index < -0.39 is 11.6 Å². The van der Waals surface area contributed by atoms with Gasteiger partial charge >= 0.3 is 0 Å². The molecule has 0 unspecified atom stereocenters.